The Bertz CT molecular complexity index is 770. The van der Waals surface area contributed by atoms with Crippen molar-refractivity contribution in [1.29, 1.82) is 0 Å². The van der Waals surface area contributed by atoms with Gasteiger partial charge in [-0.05, 0) is 73.5 Å². The van der Waals surface area contributed by atoms with Crippen LogP contribution in [0.25, 0.3) is 0 Å². The highest BCUT2D eigenvalue weighted by molar-refractivity contribution is 7.14. The highest BCUT2D eigenvalue weighted by Crippen LogP contribution is 2.31. The molecule has 2 amide bonds. The number of anilines is 2. The number of aryl methyl sites for hydroxylation is 1. The summed E-state index contributed by atoms with van der Waals surface area (Å²) in [7, 11) is 2.17. The standard InChI is InChI=1S/C21H28N4OS/c1-24-10-4-6-16-14-17(8-9-18(16)24)19(25-11-2-3-12-25)15-22-21(26)23-20-7-5-13-27-20/h5,7-9,13-14,19H,2-4,6,10-12,15H2,1H3,(H2,22,23,26)/t19-/m1/s1. The zero-order valence-corrected chi connectivity index (χ0v) is 16.7. The summed E-state index contributed by atoms with van der Waals surface area (Å²) in [5.74, 6) is 0. The lowest BCUT2D eigenvalue weighted by Gasteiger charge is -2.31. The van der Waals surface area contributed by atoms with Gasteiger partial charge in [-0.15, -0.1) is 11.3 Å². The van der Waals surface area contributed by atoms with E-state index in [1.165, 1.54) is 47.4 Å². The van der Waals surface area contributed by atoms with Gasteiger partial charge in [-0.2, -0.15) is 0 Å². The Hall–Kier alpha value is -2.05. The average Bonchev–Trinajstić information content (AvgIpc) is 3.36. The number of thiophene rings is 1. The maximum Gasteiger partial charge on any atom is 0.319 e. The maximum absolute atomic E-state index is 12.3. The summed E-state index contributed by atoms with van der Waals surface area (Å²) in [4.78, 5) is 17.2. The van der Waals surface area contributed by atoms with Gasteiger partial charge in [0.05, 0.1) is 11.0 Å². The minimum Gasteiger partial charge on any atom is -0.374 e. The third-order valence-corrected chi connectivity index (χ3v) is 6.42. The molecule has 2 N–H and O–H groups in total. The molecule has 0 saturated carbocycles. The molecule has 2 aliphatic rings. The number of amides is 2. The predicted octanol–water partition coefficient (Wildman–Crippen LogP) is 4.09. The molecule has 5 nitrogen and oxygen atoms in total. The molecule has 1 saturated heterocycles. The SMILES string of the molecule is CN1CCCc2cc([C@@H](CNC(=O)Nc3cccs3)N3CCCC3)ccc21. The molecule has 0 aliphatic carbocycles. The van der Waals surface area contributed by atoms with Crippen LogP contribution in [0.5, 0.6) is 0 Å². The smallest absolute Gasteiger partial charge is 0.319 e. The maximum atomic E-state index is 12.3. The van der Waals surface area contributed by atoms with E-state index in [1.807, 2.05) is 17.5 Å². The van der Waals surface area contributed by atoms with Crippen molar-refractivity contribution in [2.75, 3.05) is 43.4 Å². The molecule has 2 aliphatic heterocycles. The predicted molar refractivity (Wildman–Crippen MR) is 113 cm³/mol. The lowest BCUT2D eigenvalue weighted by molar-refractivity contribution is 0.227. The molecule has 0 radical (unpaired) electrons. The highest BCUT2D eigenvalue weighted by Gasteiger charge is 2.25. The number of nitrogens with zero attached hydrogens (tertiary/aromatic N) is 2. The first-order valence-electron chi connectivity index (χ1n) is 9.87. The molecular weight excluding hydrogens is 356 g/mol. The van der Waals surface area contributed by atoms with Crippen LogP contribution in [0, 0.1) is 0 Å². The van der Waals surface area contributed by atoms with Gasteiger partial charge in [0, 0.05) is 25.8 Å². The summed E-state index contributed by atoms with van der Waals surface area (Å²) < 4.78 is 0. The van der Waals surface area contributed by atoms with Crippen molar-refractivity contribution in [3.8, 4) is 0 Å². The van der Waals surface area contributed by atoms with Crippen molar-refractivity contribution < 1.29 is 4.79 Å². The third-order valence-electron chi connectivity index (χ3n) is 5.63. The summed E-state index contributed by atoms with van der Waals surface area (Å²) in [6.45, 7) is 3.98. The first-order chi connectivity index (χ1) is 13.2. The molecule has 3 heterocycles. The molecule has 1 atom stereocenters. The summed E-state index contributed by atoms with van der Waals surface area (Å²) in [5, 5.41) is 8.85. The van der Waals surface area contributed by atoms with Crippen LogP contribution in [-0.4, -0.2) is 44.2 Å². The molecule has 1 fully saturated rings. The Balaban J connectivity index is 1.48. The molecular formula is C21H28N4OS. The Morgan fingerprint density at radius 2 is 2.04 bits per heavy atom. The average molecular weight is 385 g/mol. The number of rotatable bonds is 5. The van der Waals surface area contributed by atoms with Gasteiger partial charge in [0.25, 0.3) is 0 Å². The number of fused-ring (bicyclic) bond motifs is 1. The molecule has 1 aromatic carbocycles. The summed E-state index contributed by atoms with van der Waals surface area (Å²) in [6, 6.07) is 10.9. The van der Waals surface area contributed by atoms with Gasteiger partial charge < -0.3 is 10.2 Å². The first-order valence-corrected chi connectivity index (χ1v) is 10.7. The number of hydrogen-bond donors (Lipinski definition) is 2. The van der Waals surface area contributed by atoms with Gasteiger partial charge in [-0.25, -0.2) is 4.79 Å². The number of benzene rings is 1. The third kappa shape index (κ3) is 4.28. The van der Waals surface area contributed by atoms with Gasteiger partial charge in [-0.1, -0.05) is 12.1 Å². The van der Waals surface area contributed by atoms with Crippen LogP contribution in [0.4, 0.5) is 15.5 Å². The van der Waals surface area contributed by atoms with Crippen molar-refractivity contribution in [2.45, 2.75) is 31.7 Å². The van der Waals surface area contributed by atoms with Crippen molar-refractivity contribution >= 4 is 28.1 Å². The minimum atomic E-state index is -0.126. The van der Waals surface area contributed by atoms with Crippen molar-refractivity contribution in [2.24, 2.45) is 0 Å². The number of likely N-dealkylation sites (tertiary alicyclic amines) is 1. The summed E-state index contributed by atoms with van der Waals surface area (Å²) >= 11 is 1.54. The first kappa shape index (κ1) is 18.3. The topological polar surface area (TPSA) is 47.6 Å². The van der Waals surface area contributed by atoms with Crippen LogP contribution in [0.1, 0.15) is 36.4 Å². The van der Waals surface area contributed by atoms with Gasteiger partial charge in [0.2, 0.25) is 0 Å². The fourth-order valence-corrected chi connectivity index (χ4v) is 4.83. The quantitative estimate of drug-likeness (QED) is 0.816. The summed E-state index contributed by atoms with van der Waals surface area (Å²) in [5.41, 5.74) is 4.12. The Kier molecular flexibility index (Phi) is 5.64. The number of hydrogen-bond acceptors (Lipinski definition) is 4. The van der Waals surface area contributed by atoms with E-state index in [-0.39, 0.29) is 12.1 Å². The fourth-order valence-electron chi connectivity index (χ4n) is 4.22. The molecule has 6 heteroatoms. The molecule has 4 rings (SSSR count). The van der Waals surface area contributed by atoms with Crippen LogP contribution in [0.3, 0.4) is 0 Å². The van der Waals surface area contributed by atoms with Crippen LogP contribution in [0.2, 0.25) is 0 Å². The highest BCUT2D eigenvalue weighted by atomic mass is 32.1. The molecule has 144 valence electrons. The van der Waals surface area contributed by atoms with Gasteiger partial charge in [0.15, 0.2) is 0 Å². The molecule has 27 heavy (non-hydrogen) atoms. The summed E-state index contributed by atoms with van der Waals surface area (Å²) in [6.07, 6.45) is 4.84. The zero-order chi connectivity index (χ0) is 18.6. The second kappa shape index (κ2) is 8.31. The van der Waals surface area contributed by atoms with Crippen LogP contribution in [-0.2, 0) is 6.42 Å². The van der Waals surface area contributed by atoms with Crippen LogP contribution >= 0.6 is 11.3 Å². The Labute approximate surface area is 165 Å². The van der Waals surface area contributed by atoms with Crippen LogP contribution < -0.4 is 15.5 Å². The molecule has 2 aromatic rings. The van der Waals surface area contributed by atoms with E-state index in [0.717, 1.165) is 31.1 Å². The van der Waals surface area contributed by atoms with E-state index in [1.54, 1.807) is 0 Å². The van der Waals surface area contributed by atoms with E-state index in [9.17, 15) is 4.79 Å². The molecule has 0 spiro atoms. The second-order valence-electron chi connectivity index (χ2n) is 7.48. The normalized spacial score (nSPS) is 18.2. The van der Waals surface area contributed by atoms with Crippen molar-refractivity contribution in [3.05, 3.63) is 46.8 Å². The number of carbonyl (C=O) groups excluding carboxylic acids is 1. The van der Waals surface area contributed by atoms with E-state index in [4.69, 9.17) is 0 Å². The lowest BCUT2D eigenvalue weighted by Crippen LogP contribution is -2.38. The number of urea groups is 1. The Morgan fingerprint density at radius 3 is 2.81 bits per heavy atom. The molecule has 0 bridgehead atoms. The zero-order valence-electron chi connectivity index (χ0n) is 15.9. The van der Waals surface area contributed by atoms with E-state index in [2.05, 4.69) is 45.7 Å². The number of carbonyl (C=O) groups is 1. The van der Waals surface area contributed by atoms with Gasteiger partial charge >= 0.3 is 6.03 Å². The van der Waals surface area contributed by atoms with Crippen molar-refractivity contribution in [3.63, 3.8) is 0 Å². The van der Waals surface area contributed by atoms with E-state index < -0.39 is 0 Å². The van der Waals surface area contributed by atoms with E-state index >= 15 is 0 Å². The van der Waals surface area contributed by atoms with E-state index in [0.29, 0.717) is 6.54 Å². The van der Waals surface area contributed by atoms with Gasteiger partial charge in [-0.3, -0.25) is 10.2 Å². The largest absolute Gasteiger partial charge is 0.374 e. The fraction of sp³-hybridized carbons (Fsp3) is 0.476. The molecule has 1 aromatic heterocycles. The van der Waals surface area contributed by atoms with Gasteiger partial charge in [0.1, 0.15) is 0 Å². The number of nitrogens with one attached hydrogen (secondary N) is 2. The van der Waals surface area contributed by atoms with Crippen LogP contribution in [0.15, 0.2) is 35.7 Å². The Morgan fingerprint density at radius 1 is 1.19 bits per heavy atom. The lowest BCUT2D eigenvalue weighted by atomic mass is 9.96. The second-order valence-corrected chi connectivity index (χ2v) is 8.43. The van der Waals surface area contributed by atoms with Crippen molar-refractivity contribution in [1.82, 2.24) is 10.2 Å². The monoisotopic (exact) mass is 384 g/mol. The molecule has 0 unspecified atom stereocenters. The minimum absolute atomic E-state index is 0.126.